The van der Waals surface area contributed by atoms with Gasteiger partial charge in [-0.1, -0.05) is 12.1 Å². The van der Waals surface area contributed by atoms with E-state index < -0.39 is 0 Å². The van der Waals surface area contributed by atoms with E-state index in [2.05, 4.69) is 30.7 Å². The number of anilines is 2. The second-order valence-corrected chi connectivity index (χ2v) is 7.59. The molecule has 0 aliphatic heterocycles. The van der Waals surface area contributed by atoms with Crippen LogP contribution < -0.4 is 10.6 Å². The molecule has 1 amide bonds. The first-order valence-corrected chi connectivity index (χ1v) is 10.6. The number of hydrogen-bond donors (Lipinski definition) is 2. The Morgan fingerprint density at radius 2 is 2.00 bits per heavy atom. The average molecular weight is 420 g/mol. The van der Waals surface area contributed by atoms with Gasteiger partial charge in [0.2, 0.25) is 0 Å². The van der Waals surface area contributed by atoms with Crippen LogP contribution in [0, 0.1) is 0 Å². The van der Waals surface area contributed by atoms with Crippen LogP contribution in [0.3, 0.4) is 0 Å². The largest absolute Gasteiger partial charge is 0.362 e. The van der Waals surface area contributed by atoms with E-state index in [4.69, 9.17) is 0 Å². The maximum absolute atomic E-state index is 12.5. The van der Waals surface area contributed by atoms with Gasteiger partial charge in [0, 0.05) is 18.9 Å². The summed E-state index contributed by atoms with van der Waals surface area (Å²) in [5.41, 5.74) is 3.71. The molecule has 4 aromatic rings. The topological polar surface area (TPSA) is 97.6 Å². The number of fused-ring (bicyclic) bond motifs is 1. The summed E-state index contributed by atoms with van der Waals surface area (Å²) >= 11 is 1.54. The van der Waals surface area contributed by atoms with E-state index in [9.17, 15) is 4.79 Å². The molecular weight excluding hydrogens is 398 g/mol. The Kier molecular flexibility index (Phi) is 5.62. The lowest BCUT2D eigenvalue weighted by Gasteiger charge is -2.16. The lowest BCUT2D eigenvalue weighted by molar-refractivity contribution is 0.102. The predicted octanol–water partition coefficient (Wildman–Crippen LogP) is 3.91. The van der Waals surface area contributed by atoms with Crippen LogP contribution in [0.25, 0.3) is 11.2 Å². The number of aromatic nitrogens is 5. The van der Waals surface area contributed by atoms with E-state index in [1.165, 1.54) is 11.8 Å². The Labute approximate surface area is 178 Å². The number of hydrogen-bond acceptors (Lipinski definition) is 7. The van der Waals surface area contributed by atoms with Crippen LogP contribution >= 0.6 is 11.8 Å². The van der Waals surface area contributed by atoms with Gasteiger partial charge >= 0.3 is 0 Å². The lowest BCUT2D eigenvalue weighted by atomic mass is 10.1. The molecule has 0 unspecified atom stereocenters. The van der Waals surface area contributed by atoms with Gasteiger partial charge in [0.15, 0.2) is 5.65 Å². The number of amides is 1. The summed E-state index contributed by atoms with van der Waals surface area (Å²) in [6.07, 6.45) is 6.91. The van der Waals surface area contributed by atoms with Gasteiger partial charge < -0.3 is 10.6 Å². The maximum atomic E-state index is 12.5. The Morgan fingerprint density at radius 1 is 1.13 bits per heavy atom. The smallest absolute Gasteiger partial charge is 0.257 e. The van der Waals surface area contributed by atoms with E-state index in [-0.39, 0.29) is 11.9 Å². The number of benzene rings is 1. The summed E-state index contributed by atoms with van der Waals surface area (Å²) in [6, 6.07) is 11.3. The predicted molar refractivity (Wildman–Crippen MR) is 119 cm³/mol. The monoisotopic (exact) mass is 419 g/mol. The van der Waals surface area contributed by atoms with Crippen LogP contribution in [0.1, 0.15) is 28.9 Å². The Morgan fingerprint density at radius 3 is 2.77 bits per heavy atom. The Hall–Kier alpha value is -3.46. The number of thioether (sulfide) groups is 1. The quantitative estimate of drug-likeness (QED) is 0.457. The second kappa shape index (κ2) is 8.50. The second-order valence-electron chi connectivity index (χ2n) is 6.77. The molecule has 3 aromatic heterocycles. The van der Waals surface area contributed by atoms with E-state index in [1.807, 2.05) is 50.6 Å². The summed E-state index contributed by atoms with van der Waals surface area (Å²) in [4.78, 5) is 25.7. The minimum absolute atomic E-state index is 0.0376. The third-order valence-corrected chi connectivity index (χ3v) is 5.32. The molecule has 0 aliphatic rings. The van der Waals surface area contributed by atoms with Gasteiger partial charge in [-0.25, -0.2) is 19.6 Å². The van der Waals surface area contributed by atoms with E-state index in [0.29, 0.717) is 22.7 Å². The van der Waals surface area contributed by atoms with E-state index in [1.54, 1.807) is 29.3 Å². The fraction of sp³-hybridized carbons (Fsp3) is 0.190. The molecule has 8 nitrogen and oxygen atoms in total. The van der Waals surface area contributed by atoms with Crippen molar-refractivity contribution in [3.8, 4) is 0 Å². The van der Waals surface area contributed by atoms with Crippen LogP contribution in [0.4, 0.5) is 11.5 Å². The first kappa shape index (κ1) is 19.8. The number of nitrogens with zero attached hydrogens (tertiary/aromatic N) is 5. The minimum atomic E-state index is -0.194. The molecule has 30 heavy (non-hydrogen) atoms. The first-order valence-electron chi connectivity index (χ1n) is 9.36. The molecule has 0 radical (unpaired) electrons. The highest BCUT2D eigenvalue weighted by atomic mass is 32.2. The van der Waals surface area contributed by atoms with Crippen molar-refractivity contribution in [2.75, 3.05) is 16.9 Å². The van der Waals surface area contributed by atoms with Crippen LogP contribution in [0.5, 0.6) is 0 Å². The minimum Gasteiger partial charge on any atom is -0.362 e. The van der Waals surface area contributed by atoms with Gasteiger partial charge in [0.25, 0.3) is 5.91 Å². The van der Waals surface area contributed by atoms with Crippen molar-refractivity contribution in [1.29, 1.82) is 0 Å². The molecule has 0 saturated carbocycles. The zero-order valence-electron chi connectivity index (χ0n) is 16.8. The summed E-state index contributed by atoms with van der Waals surface area (Å²) in [5.74, 6) is 0.466. The fourth-order valence-electron chi connectivity index (χ4n) is 3.01. The number of rotatable bonds is 6. The van der Waals surface area contributed by atoms with Crippen LogP contribution in [-0.2, 0) is 7.05 Å². The molecule has 152 valence electrons. The zero-order chi connectivity index (χ0) is 21.1. The molecule has 0 spiro atoms. The van der Waals surface area contributed by atoms with Gasteiger partial charge in [-0.3, -0.25) is 4.79 Å². The van der Waals surface area contributed by atoms with Crippen LogP contribution in [0.2, 0.25) is 0 Å². The van der Waals surface area contributed by atoms with E-state index >= 15 is 0 Å². The van der Waals surface area contributed by atoms with E-state index in [0.717, 1.165) is 16.1 Å². The summed E-state index contributed by atoms with van der Waals surface area (Å²) in [7, 11) is 1.83. The number of aryl methyl sites for hydroxylation is 1. The molecular formula is C21H21N7OS. The van der Waals surface area contributed by atoms with Crippen molar-refractivity contribution in [1.82, 2.24) is 24.7 Å². The summed E-state index contributed by atoms with van der Waals surface area (Å²) < 4.78 is 1.69. The Bertz CT molecular complexity index is 1190. The Balaban J connectivity index is 1.47. The van der Waals surface area contributed by atoms with Gasteiger partial charge in [0.05, 0.1) is 29.0 Å². The molecule has 0 saturated heterocycles. The maximum Gasteiger partial charge on any atom is 0.257 e. The van der Waals surface area contributed by atoms with Crippen molar-refractivity contribution in [3.63, 3.8) is 0 Å². The molecule has 0 aliphatic carbocycles. The molecule has 1 atom stereocenters. The number of carbonyl (C=O) groups excluding carboxylic acids is 1. The number of pyridine rings is 1. The van der Waals surface area contributed by atoms with Crippen molar-refractivity contribution in [2.45, 2.75) is 18.0 Å². The standard InChI is InChI=1S/C21H21N7OS/c1-13(25-18-12-22-17-11-24-28(2)20(17)27-18)14-5-4-6-16(9-14)26-21(29)15-7-8-19(30-3)23-10-15/h4-13H,1-3H3,(H,25,27)(H,26,29)/t13-/m0/s1. The number of nitrogens with one attached hydrogen (secondary N) is 2. The van der Waals surface area contributed by atoms with Gasteiger partial charge in [-0.05, 0) is 43.0 Å². The van der Waals surface area contributed by atoms with Crippen molar-refractivity contribution >= 4 is 40.3 Å². The molecule has 9 heteroatoms. The highest BCUT2D eigenvalue weighted by molar-refractivity contribution is 7.98. The van der Waals surface area contributed by atoms with Crippen molar-refractivity contribution < 1.29 is 4.79 Å². The van der Waals surface area contributed by atoms with Gasteiger partial charge in [0.1, 0.15) is 11.3 Å². The number of carbonyl (C=O) groups is 1. The van der Waals surface area contributed by atoms with Crippen molar-refractivity contribution in [2.24, 2.45) is 7.05 Å². The molecule has 4 rings (SSSR count). The fourth-order valence-corrected chi connectivity index (χ4v) is 3.38. The third kappa shape index (κ3) is 4.25. The molecule has 1 aromatic carbocycles. The van der Waals surface area contributed by atoms with Crippen LogP contribution in [0.15, 0.2) is 60.0 Å². The lowest BCUT2D eigenvalue weighted by Crippen LogP contribution is -2.13. The first-order chi connectivity index (χ1) is 14.5. The SMILES string of the molecule is CSc1ccc(C(=O)Nc2cccc([C@H](C)Nc3cnc4cnn(C)c4n3)c2)cn1. The molecule has 0 fully saturated rings. The van der Waals surface area contributed by atoms with Gasteiger partial charge in [-0.15, -0.1) is 11.8 Å². The van der Waals surface area contributed by atoms with Crippen LogP contribution in [-0.4, -0.2) is 36.9 Å². The molecule has 3 heterocycles. The molecule has 2 N–H and O–H groups in total. The highest BCUT2D eigenvalue weighted by Gasteiger charge is 2.11. The van der Waals surface area contributed by atoms with Crippen molar-refractivity contribution in [3.05, 3.63) is 66.1 Å². The summed E-state index contributed by atoms with van der Waals surface area (Å²) in [6.45, 7) is 2.03. The zero-order valence-corrected chi connectivity index (χ0v) is 17.6. The third-order valence-electron chi connectivity index (χ3n) is 4.66. The molecule has 0 bridgehead atoms. The average Bonchev–Trinajstić information content (AvgIpc) is 3.14. The summed E-state index contributed by atoms with van der Waals surface area (Å²) in [5, 5.41) is 11.3. The van der Waals surface area contributed by atoms with Gasteiger partial charge in [-0.2, -0.15) is 5.10 Å². The normalized spacial score (nSPS) is 12.0. The highest BCUT2D eigenvalue weighted by Crippen LogP contribution is 2.22.